The molecule has 0 aliphatic rings. The number of hydrogen-bond donors (Lipinski definition) is 1. The van der Waals surface area contributed by atoms with E-state index in [1.54, 1.807) is 29.7 Å². The average molecular weight is 352 g/mol. The molecule has 0 saturated carbocycles. The number of ether oxygens (including phenoxy) is 1. The fraction of sp³-hybridized carbons (Fsp3) is 0.167. The molecule has 1 aromatic carbocycles. The molecule has 132 valence electrons. The van der Waals surface area contributed by atoms with Gasteiger partial charge in [0, 0.05) is 6.20 Å². The average Bonchev–Trinajstić information content (AvgIpc) is 3.00. The van der Waals surface area contributed by atoms with Gasteiger partial charge in [0.15, 0.2) is 11.5 Å². The Morgan fingerprint density at radius 1 is 1.23 bits per heavy atom. The Bertz CT molecular complexity index is 1020. The van der Waals surface area contributed by atoms with E-state index in [0.29, 0.717) is 11.3 Å². The minimum atomic E-state index is -1.06. The van der Waals surface area contributed by atoms with E-state index in [-0.39, 0.29) is 23.7 Å². The Balaban J connectivity index is 2.09. The summed E-state index contributed by atoms with van der Waals surface area (Å²) in [6.45, 7) is 3.79. The molecule has 0 saturated heterocycles. The number of esters is 1. The largest absolute Gasteiger partial charge is 0.478 e. The number of hydrogen-bond acceptors (Lipinski definition) is 6. The van der Waals surface area contributed by atoms with Gasteiger partial charge in [0.2, 0.25) is 0 Å². The Kier molecular flexibility index (Phi) is 4.74. The van der Waals surface area contributed by atoms with E-state index in [2.05, 4.69) is 15.2 Å². The SMILES string of the molecule is CCOC(=O)c1nc2c(C)cccn2c1N=Nc1cccc(C(=O)O)c1. The fourth-order valence-electron chi connectivity index (χ4n) is 2.43. The molecule has 3 aromatic rings. The highest BCUT2D eigenvalue weighted by atomic mass is 16.5. The van der Waals surface area contributed by atoms with Gasteiger partial charge in [-0.3, -0.25) is 4.40 Å². The molecule has 1 N–H and O–H groups in total. The van der Waals surface area contributed by atoms with Crippen LogP contribution in [-0.4, -0.2) is 33.0 Å². The normalized spacial score (nSPS) is 11.2. The number of pyridine rings is 1. The van der Waals surface area contributed by atoms with E-state index in [9.17, 15) is 9.59 Å². The van der Waals surface area contributed by atoms with E-state index in [4.69, 9.17) is 9.84 Å². The maximum Gasteiger partial charge on any atom is 0.360 e. The lowest BCUT2D eigenvalue weighted by Gasteiger charge is -2.00. The molecule has 2 aromatic heterocycles. The van der Waals surface area contributed by atoms with Crippen molar-refractivity contribution in [2.45, 2.75) is 13.8 Å². The van der Waals surface area contributed by atoms with Gasteiger partial charge in [0.1, 0.15) is 5.65 Å². The summed E-state index contributed by atoms with van der Waals surface area (Å²) in [7, 11) is 0. The number of carbonyl (C=O) groups excluding carboxylic acids is 1. The Hall–Kier alpha value is -3.55. The number of aryl methyl sites for hydroxylation is 1. The van der Waals surface area contributed by atoms with Crippen molar-refractivity contribution in [2.75, 3.05) is 6.61 Å². The number of carbonyl (C=O) groups is 2. The van der Waals surface area contributed by atoms with Crippen LogP contribution in [0, 0.1) is 6.92 Å². The molecule has 0 aliphatic carbocycles. The zero-order valence-electron chi connectivity index (χ0n) is 14.2. The van der Waals surface area contributed by atoms with Crippen molar-refractivity contribution in [3.05, 3.63) is 59.4 Å². The summed E-state index contributed by atoms with van der Waals surface area (Å²) in [5, 5.41) is 17.3. The number of azo groups is 1. The second kappa shape index (κ2) is 7.14. The van der Waals surface area contributed by atoms with Gasteiger partial charge in [-0.1, -0.05) is 12.1 Å². The van der Waals surface area contributed by atoms with Gasteiger partial charge in [0.25, 0.3) is 0 Å². The van der Waals surface area contributed by atoms with Crippen LogP contribution in [0.5, 0.6) is 0 Å². The van der Waals surface area contributed by atoms with Crippen LogP contribution in [0.3, 0.4) is 0 Å². The van der Waals surface area contributed by atoms with E-state index >= 15 is 0 Å². The fourth-order valence-corrected chi connectivity index (χ4v) is 2.43. The molecule has 0 amide bonds. The first kappa shape index (κ1) is 17.3. The number of aromatic carboxylic acids is 1. The van der Waals surface area contributed by atoms with Gasteiger partial charge in [-0.15, -0.1) is 10.2 Å². The van der Waals surface area contributed by atoms with Crippen molar-refractivity contribution < 1.29 is 19.4 Å². The topological polar surface area (TPSA) is 106 Å². The minimum absolute atomic E-state index is 0.0549. The first-order valence-electron chi connectivity index (χ1n) is 7.91. The summed E-state index contributed by atoms with van der Waals surface area (Å²) in [6.07, 6.45) is 1.72. The maximum absolute atomic E-state index is 12.2. The summed E-state index contributed by atoms with van der Waals surface area (Å²) in [5.74, 6) is -1.42. The molecule has 0 unspecified atom stereocenters. The van der Waals surface area contributed by atoms with Crippen molar-refractivity contribution >= 4 is 29.1 Å². The van der Waals surface area contributed by atoms with Crippen molar-refractivity contribution in [3.8, 4) is 0 Å². The number of carboxylic acids is 1. The lowest BCUT2D eigenvalue weighted by atomic mass is 10.2. The predicted molar refractivity (Wildman–Crippen MR) is 93.5 cm³/mol. The van der Waals surface area contributed by atoms with Crippen LogP contribution in [0.1, 0.15) is 33.3 Å². The third-order valence-electron chi connectivity index (χ3n) is 3.64. The van der Waals surface area contributed by atoms with E-state index < -0.39 is 11.9 Å². The smallest absolute Gasteiger partial charge is 0.360 e. The molecule has 8 heteroatoms. The molecule has 0 radical (unpaired) electrons. The Morgan fingerprint density at radius 3 is 2.77 bits per heavy atom. The predicted octanol–water partition coefficient (Wildman–Crippen LogP) is 3.93. The molecule has 0 atom stereocenters. The third-order valence-corrected chi connectivity index (χ3v) is 3.64. The van der Waals surface area contributed by atoms with E-state index in [1.807, 2.05) is 19.1 Å². The molecule has 0 spiro atoms. The molecular weight excluding hydrogens is 336 g/mol. The summed E-state index contributed by atoms with van der Waals surface area (Å²) in [6, 6.07) is 9.72. The number of nitrogens with zero attached hydrogens (tertiary/aromatic N) is 4. The van der Waals surface area contributed by atoms with Crippen LogP contribution in [0.4, 0.5) is 11.5 Å². The number of carboxylic acid groups (broad SMARTS) is 1. The molecule has 3 rings (SSSR count). The quantitative estimate of drug-likeness (QED) is 0.553. The van der Waals surface area contributed by atoms with Gasteiger partial charge >= 0.3 is 11.9 Å². The molecule has 0 bridgehead atoms. The molecule has 26 heavy (non-hydrogen) atoms. The number of benzene rings is 1. The van der Waals surface area contributed by atoms with Crippen LogP contribution >= 0.6 is 0 Å². The number of rotatable bonds is 5. The highest BCUT2D eigenvalue weighted by Crippen LogP contribution is 2.26. The van der Waals surface area contributed by atoms with Crippen molar-refractivity contribution in [3.63, 3.8) is 0 Å². The van der Waals surface area contributed by atoms with E-state index in [1.165, 1.54) is 12.1 Å². The first-order chi connectivity index (χ1) is 12.5. The van der Waals surface area contributed by atoms with Gasteiger partial charge in [-0.25, -0.2) is 14.6 Å². The van der Waals surface area contributed by atoms with Crippen LogP contribution < -0.4 is 0 Å². The number of aromatic nitrogens is 2. The van der Waals surface area contributed by atoms with Gasteiger partial charge in [0.05, 0.1) is 17.9 Å². The van der Waals surface area contributed by atoms with E-state index in [0.717, 1.165) is 5.56 Å². The second-order valence-electron chi connectivity index (χ2n) is 5.44. The summed E-state index contributed by atoms with van der Waals surface area (Å²) >= 11 is 0. The molecular formula is C18H16N4O4. The molecule has 2 heterocycles. The van der Waals surface area contributed by atoms with Crippen LogP contribution in [0.15, 0.2) is 52.8 Å². The summed E-state index contributed by atoms with van der Waals surface area (Å²) in [4.78, 5) is 27.6. The molecule has 0 fully saturated rings. The highest BCUT2D eigenvalue weighted by Gasteiger charge is 2.21. The van der Waals surface area contributed by atoms with Crippen molar-refractivity contribution in [2.24, 2.45) is 10.2 Å². The first-order valence-corrected chi connectivity index (χ1v) is 7.91. The standard InChI is InChI=1S/C18H16N4O4/c1-3-26-18(25)14-16(22-9-5-6-11(2)15(22)19-14)21-20-13-8-4-7-12(10-13)17(23)24/h4-10H,3H2,1-2H3,(H,23,24). The lowest BCUT2D eigenvalue weighted by Crippen LogP contribution is -2.05. The summed E-state index contributed by atoms with van der Waals surface area (Å²) in [5.41, 5.74) is 1.94. The molecule has 8 nitrogen and oxygen atoms in total. The minimum Gasteiger partial charge on any atom is -0.478 e. The lowest BCUT2D eigenvalue weighted by molar-refractivity contribution is 0.0520. The highest BCUT2D eigenvalue weighted by molar-refractivity contribution is 5.93. The Morgan fingerprint density at radius 2 is 2.04 bits per heavy atom. The van der Waals surface area contributed by atoms with Crippen LogP contribution in [-0.2, 0) is 4.74 Å². The second-order valence-corrected chi connectivity index (χ2v) is 5.44. The maximum atomic E-state index is 12.2. The monoisotopic (exact) mass is 352 g/mol. The van der Waals surface area contributed by atoms with Crippen molar-refractivity contribution in [1.82, 2.24) is 9.38 Å². The molecule has 0 aliphatic heterocycles. The summed E-state index contributed by atoms with van der Waals surface area (Å²) < 4.78 is 6.69. The third kappa shape index (κ3) is 3.30. The van der Waals surface area contributed by atoms with Gasteiger partial charge < -0.3 is 9.84 Å². The zero-order valence-corrected chi connectivity index (χ0v) is 14.2. The zero-order chi connectivity index (χ0) is 18.7. The van der Waals surface area contributed by atoms with Gasteiger partial charge in [-0.05, 0) is 43.7 Å². The Labute approximate surface area is 148 Å². The number of fused-ring (bicyclic) bond motifs is 1. The van der Waals surface area contributed by atoms with Gasteiger partial charge in [-0.2, -0.15) is 0 Å². The van der Waals surface area contributed by atoms with Crippen LogP contribution in [0.25, 0.3) is 5.65 Å². The number of imidazole rings is 1. The van der Waals surface area contributed by atoms with Crippen molar-refractivity contribution in [1.29, 1.82) is 0 Å². The van der Waals surface area contributed by atoms with Crippen LogP contribution in [0.2, 0.25) is 0 Å².